The van der Waals surface area contributed by atoms with Gasteiger partial charge in [-0.15, -0.1) is 0 Å². The first kappa shape index (κ1) is 21.9. The van der Waals surface area contributed by atoms with Crippen molar-refractivity contribution in [2.45, 2.75) is 19.8 Å². The van der Waals surface area contributed by atoms with Crippen molar-refractivity contribution < 1.29 is 18.7 Å². The van der Waals surface area contributed by atoms with Crippen molar-refractivity contribution >= 4 is 16.9 Å². The van der Waals surface area contributed by atoms with Gasteiger partial charge in [0.1, 0.15) is 29.4 Å². The quantitative estimate of drug-likeness (QED) is 0.610. The minimum atomic E-state index is -0.205. The largest absolute Gasteiger partial charge is 0.497 e. The van der Waals surface area contributed by atoms with Crippen LogP contribution in [0.4, 0.5) is 0 Å². The molecule has 4 rings (SSSR count). The van der Waals surface area contributed by atoms with E-state index in [0.29, 0.717) is 34.6 Å². The van der Waals surface area contributed by atoms with Crippen LogP contribution in [0.3, 0.4) is 0 Å². The first-order chi connectivity index (χ1) is 15.5. The second-order valence-corrected chi connectivity index (χ2v) is 8.12. The van der Waals surface area contributed by atoms with Crippen LogP contribution < -0.4 is 20.6 Å². The van der Waals surface area contributed by atoms with Crippen molar-refractivity contribution in [3.63, 3.8) is 0 Å². The minimum Gasteiger partial charge on any atom is -0.497 e. The Hall–Kier alpha value is -3.32. The van der Waals surface area contributed by atoms with Gasteiger partial charge in [-0.05, 0) is 62.7 Å². The Labute approximate surface area is 186 Å². The molecule has 1 amide bonds. The van der Waals surface area contributed by atoms with Crippen LogP contribution in [0, 0.1) is 12.8 Å². The van der Waals surface area contributed by atoms with Crippen LogP contribution in [-0.2, 0) is 4.79 Å². The second kappa shape index (κ2) is 9.44. The number of likely N-dealkylation sites (tertiary alicyclic amines) is 1. The number of fused-ring (bicyclic) bond motifs is 1. The van der Waals surface area contributed by atoms with Gasteiger partial charge in [-0.3, -0.25) is 14.5 Å². The van der Waals surface area contributed by atoms with Gasteiger partial charge < -0.3 is 19.6 Å². The van der Waals surface area contributed by atoms with E-state index < -0.39 is 0 Å². The van der Waals surface area contributed by atoms with Crippen LogP contribution in [-0.4, -0.2) is 44.2 Å². The summed E-state index contributed by atoms with van der Waals surface area (Å²) in [7, 11) is 1.61. The van der Waals surface area contributed by atoms with E-state index in [1.807, 2.05) is 24.3 Å². The SMILES string of the molecule is COc1ccc(-c2c(C)oc3cc(OCCN4CCC(C(N)=O)CC4)ccc3c2=O)cc1. The summed E-state index contributed by atoms with van der Waals surface area (Å²) in [5.41, 5.74) is 7.16. The lowest BCUT2D eigenvalue weighted by molar-refractivity contribution is -0.123. The van der Waals surface area contributed by atoms with E-state index in [4.69, 9.17) is 19.6 Å². The molecule has 0 spiro atoms. The number of amides is 1. The summed E-state index contributed by atoms with van der Waals surface area (Å²) in [6.45, 7) is 4.76. The maximum absolute atomic E-state index is 13.1. The minimum absolute atomic E-state index is 0.0124. The Morgan fingerprint density at radius 2 is 1.81 bits per heavy atom. The van der Waals surface area contributed by atoms with Crippen LogP contribution in [0.1, 0.15) is 18.6 Å². The molecule has 0 atom stereocenters. The summed E-state index contributed by atoms with van der Waals surface area (Å²) in [4.78, 5) is 26.7. The topological polar surface area (TPSA) is 95.0 Å². The molecule has 0 radical (unpaired) electrons. The number of nitrogens with two attached hydrogens (primary N) is 1. The van der Waals surface area contributed by atoms with Gasteiger partial charge in [-0.1, -0.05) is 12.1 Å². The molecule has 2 aromatic carbocycles. The molecule has 7 nitrogen and oxygen atoms in total. The van der Waals surface area contributed by atoms with Gasteiger partial charge in [0.2, 0.25) is 11.3 Å². The number of hydrogen-bond acceptors (Lipinski definition) is 6. The van der Waals surface area contributed by atoms with Gasteiger partial charge in [0.15, 0.2) is 0 Å². The lowest BCUT2D eigenvalue weighted by Crippen LogP contribution is -2.40. The van der Waals surface area contributed by atoms with E-state index in [1.54, 1.807) is 32.2 Å². The normalized spacial score (nSPS) is 15.1. The van der Waals surface area contributed by atoms with Crippen molar-refractivity contribution in [3.8, 4) is 22.6 Å². The van der Waals surface area contributed by atoms with E-state index in [0.717, 1.165) is 43.8 Å². The molecule has 2 N–H and O–H groups in total. The Morgan fingerprint density at radius 1 is 1.12 bits per heavy atom. The zero-order chi connectivity index (χ0) is 22.7. The average Bonchev–Trinajstić information content (AvgIpc) is 2.79. The van der Waals surface area contributed by atoms with Crippen molar-refractivity contribution in [2.24, 2.45) is 11.7 Å². The Balaban J connectivity index is 1.45. The molecule has 1 aliphatic rings. The number of piperidine rings is 1. The van der Waals surface area contributed by atoms with E-state index in [1.165, 1.54) is 0 Å². The highest BCUT2D eigenvalue weighted by atomic mass is 16.5. The number of carbonyl (C=O) groups excluding carboxylic acids is 1. The molecular weight excluding hydrogens is 408 g/mol. The Bertz CT molecular complexity index is 1160. The molecule has 1 aromatic heterocycles. The van der Waals surface area contributed by atoms with Gasteiger partial charge in [-0.25, -0.2) is 0 Å². The van der Waals surface area contributed by atoms with E-state index in [-0.39, 0.29) is 17.3 Å². The van der Waals surface area contributed by atoms with Crippen LogP contribution >= 0.6 is 0 Å². The smallest absolute Gasteiger partial charge is 0.220 e. The summed E-state index contributed by atoms with van der Waals surface area (Å²) < 4.78 is 17.1. The van der Waals surface area contributed by atoms with Gasteiger partial charge >= 0.3 is 0 Å². The van der Waals surface area contributed by atoms with Crippen LogP contribution in [0.2, 0.25) is 0 Å². The molecule has 0 unspecified atom stereocenters. The number of carbonyl (C=O) groups is 1. The number of ether oxygens (including phenoxy) is 2. The van der Waals surface area contributed by atoms with E-state index in [2.05, 4.69) is 4.90 Å². The van der Waals surface area contributed by atoms with Crippen LogP contribution in [0.15, 0.2) is 51.7 Å². The third-order valence-electron chi connectivity index (χ3n) is 6.08. The van der Waals surface area contributed by atoms with Crippen molar-refractivity contribution in [1.82, 2.24) is 4.90 Å². The monoisotopic (exact) mass is 436 g/mol. The van der Waals surface area contributed by atoms with Gasteiger partial charge in [0, 0.05) is 18.5 Å². The number of methoxy groups -OCH3 is 1. The summed E-state index contributed by atoms with van der Waals surface area (Å²) in [5, 5.41) is 0.516. The summed E-state index contributed by atoms with van der Waals surface area (Å²) in [5.74, 6) is 1.73. The predicted octanol–water partition coefficient (Wildman–Crippen LogP) is 3.35. The fourth-order valence-electron chi connectivity index (χ4n) is 4.20. The third kappa shape index (κ3) is 4.62. The van der Waals surface area contributed by atoms with Gasteiger partial charge in [0.05, 0.1) is 18.1 Å². The molecule has 32 heavy (non-hydrogen) atoms. The molecule has 1 fully saturated rings. The number of hydrogen-bond donors (Lipinski definition) is 1. The first-order valence-corrected chi connectivity index (χ1v) is 10.8. The average molecular weight is 437 g/mol. The number of nitrogens with zero attached hydrogens (tertiary/aromatic N) is 1. The molecule has 1 saturated heterocycles. The molecular formula is C25H28N2O5. The number of aryl methyl sites for hydroxylation is 1. The van der Waals surface area contributed by atoms with Gasteiger partial charge in [0.25, 0.3) is 0 Å². The third-order valence-corrected chi connectivity index (χ3v) is 6.08. The maximum atomic E-state index is 13.1. The number of benzene rings is 2. The van der Waals surface area contributed by atoms with Crippen LogP contribution in [0.5, 0.6) is 11.5 Å². The molecule has 168 valence electrons. The molecule has 0 saturated carbocycles. The molecule has 3 aromatic rings. The zero-order valence-electron chi connectivity index (χ0n) is 18.4. The summed E-state index contributed by atoms with van der Waals surface area (Å²) in [6, 6.07) is 12.7. The highest BCUT2D eigenvalue weighted by Crippen LogP contribution is 2.27. The van der Waals surface area contributed by atoms with Crippen LogP contribution in [0.25, 0.3) is 22.1 Å². The van der Waals surface area contributed by atoms with Gasteiger partial charge in [-0.2, -0.15) is 0 Å². The molecule has 0 bridgehead atoms. The Morgan fingerprint density at radius 3 is 2.47 bits per heavy atom. The number of rotatable bonds is 7. The van der Waals surface area contributed by atoms with Crippen molar-refractivity contribution in [3.05, 3.63) is 58.4 Å². The zero-order valence-corrected chi connectivity index (χ0v) is 18.4. The van der Waals surface area contributed by atoms with Crippen molar-refractivity contribution in [1.29, 1.82) is 0 Å². The predicted molar refractivity (Wildman–Crippen MR) is 123 cm³/mol. The lowest BCUT2D eigenvalue weighted by atomic mass is 9.96. The highest BCUT2D eigenvalue weighted by Gasteiger charge is 2.22. The number of primary amides is 1. The highest BCUT2D eigenvalue weighted by molar-refractivity contribution is 5.83. The first-order valence-electron chi connectivity index (χ1n) is 10.8. The maximum Gasteiger partial charge on any atom is 0.220 e. The summed E-state index contributed by atoms with van der Waals surface area (Å²) in [6.07, 6.45) is 1.60. The molecule has 0 aliphatic carbocycles. The second-order valence-electron chi connectivity index (χ2n) is 8.12. The molecule has 2 heterocycles. The molecule has 7 heteroatoms. The van der Waals surface area contributed by atoms with Crippen molar-refractivity contribution in [2.75, 3.05) is 33.4 Å². The standard InChI is InChI=1S/C25H28N2O5/c1-16-23(17-3-5-19(30-2)6-4-17)24(28)21-8-7-20(15-22(21)32-16)31-14-13-27-11-9-18(10-12-27)25(26)29/h3-8,15,18H,9-14H2,1-2H3,(H2,26,29). The fraction of sp³-hybridized carbons (Fsp3) is 0.360. The molecule has 1 aliphatic heterocycles. The fourth-order valence-corrected chi connectivity index (χ4v) is 4.20. The Kier molecular flexibility index (Phi) is 6.46. The van der Waals surface area contributed by atoms with E-state index >= 15 is 0 Å². The lowest BCUT2D eigenvalue weighted by Gasteiger charge is -2.30. The van der Waals surface area contributed by atoms with E-state index in [9.17, 15) is 9.59 Å². The summed E-state index contributed by atoms with van der Waals surface area (Å²) >= 11 is 0.